The minimum Gasteiger partial charge on any atom is -0.342 e. The number of carbonyl (C=O) groups excluding carboxylic acids is 1. The van der Waals surface area contributed by atoms with Gasteiger partial charge < -0.3 is 14.9 Å². The van der Waals surface area contributed by atoms with E-state index in [1.807, 2.05) is 29.7 Å². The van der Waals surface area contributed by atoms with E-state index in [1.165, 1.54) is 11.8 Å². The third-order valence-electron chi connectivity index (χ3n) is 5.49. The van der Waals surface area contributed by atoms with Crippen LogP contribution in [0.5, 0.6) is 0 Å². The van der Waals surface area contributed by atoms with Gasteiger partial charge in [-0.25, -0.2) is 4.98 Å². The molecule has 4 aromatic rings. The minimum absolute atomic E-state index is 0.161. The van der Waals surface area contributed by atoms with Crippen LogP contribution in [0.3, 0.4) is 0 Å². The Morgan fingerprint density at radius 2 is 1.89 bits per heavy atom. The number of rotatable bonds is 9. The molecule has 0 aliphatic heterocycles. The van der Waals surface area contributed by atoms with Crippen LogP contribution in [0.25, 0.3) is 10.9 Å². The second-order valence-electron chi connectivity index (χ2n) is 8.57. The molecule has 0 saturated heterocycles. The van der Waals surface area contributed by atoms with Crippen molar-refractivity contribution in [3.8, 4) is 0 Å². The summed E-state index contributed by atoms with van der Waals surface area (Å²) in [5, 5.41) is 13.8. The van der Waals surface area contributed by atoms with Gasteiger partial charge in [-0.15, -0.1) is 10.2 Å². The molecule has 8 nitrogen and oxygen atoms in total. The van der Waals surface area contributed by atoms with Gasteiger partial charge in [0, 0.05) is 17.1 Å². The highest BCUT2D eigenvalue weighted by molar-refractivity contribution is 7.98. The van der Waals surface area contributed by atoms with E-state index in [-0.39, 0.29) is 17.5 Å². The van der Waals surface area contributed by atoms with Crippen LogP contribution in [0.4, 0.5) is 0 Å². The van der Waals surface area contributed by atoms with E-state index in [0.717, 1.165) is 0 Å². The minimum atomic E-state index is -0.307. The summed E-state index contributed by atoms with van der Waals surface area (Å²) in [6.07, 6.45) is 0.710. The Labute approximate surface area is 212 Å². The lowest BCUT2D eigenvalue weighted by Gasteiger charge is -2.21. The van der Waals surface area contributed by atoms with Gasteiger partial charge in [0.25, 0.3) is 11.5 Å². The lowest BCUT2D eigenvalue weighted by Crippen LogP contribution is -2.31. The topological polar surface area (TPSA) is 106 Å². The molecule has 0 aliphatic carbocycles. The van der Waals surface area contributed by atoms with Gasteiger partial charge in [0.1, 0.15) is 5.82 Å². The molecule has 0 bridgehead atoms. The second kappa shape index (κ2) is 11.0. The number of nitrogens with one attached hydrogen (secondary N) is 2. The molecule has 2 N–H and O–H groups in total. The monoisotopic (exact) mass is 510 g/mol. The zero-order valence-electron chi connectivity index (χ0n) is 19.8. The van der Waals surface area contributed by atoms with Crippen molar-refractivity contribution in [2.75, 3.05) is 0 Å². The average Bonchev–Trinajstić information content (AvgIpc) is 3.25. The molecule has 0 unspecified atom stereocenters. The molecular weight excluding hydrogens is 484 g/mol. The number of para-hydroxylation sites is 1. The van der Waals surface area contributed by atoms with E-state index >= 15 is 0 Å². The van der Waals surface area contributed by atoms with Crippen molar-refractivity contribution in [3.05, 3.63) is 81.1 Å². The standard InChI is InChI=1S/C25H27ClN6O2S/c1-4-32-22(20(13-15(2)3)28-23(33)16-9-11-17(26)12-10-16)30-31-25(32)35-14-21-27-19-8-6-5-7-18(19)24(34)29-21/h5-12,15,20H,4,13-14H2,1-3H3,(H,28,33)(H,27,29,34)/t20-/m0/s1. The molecule has 2 aromatic heterocycles. The molecule has 182 valence electrons. The fourth-order valence-electron chi connectivity index (χ4n) is 3.84. The number of aromatic nitrogens is 5. The molecule has 2 aromatic carbocycles. The first kappa shape index (κ1) is 24.9. The summed E-state index contributed by atoms with van der Waals surface area (Å²) in [6.45, 7) is 6.86. The molecule has 10 heteroatoms. The number of carbonyl (C=O) groups is 1. The quantitative estimate of drug-likeness (QED) is 0.307. The largest absolute Gasteiger partial charge is 0.342 e. The maximum Gasteiger partial charge on any atom is 0.258 e. The van der Waals surface area contributed by atoms with Crippen LogP contribution in [0.15, 0.2) is 58.5 Å². The number of thioether (sulfide) groups is 1. The number of fused-ring (bicyclic) bond motifs is 1. The lowest BCUT2D eigenvalue weighted by atomic mass is 10.0. The summed E-state index contributed by atoms with van der Waals surface area (Å²) in [5.74, 6) is 1.84. The first-order valence-corrected chi connectivity index (χ1v) is 12.8. The number of halogens is 1. The summed E-state index contributed by atoms with van der Waals surface area (Å²) in [7, 11) is 0. The third-order valence-corrected chi connectivity index (χ3v) is 6.72. The Bertz CT molecular complexity index is 1380. The molecule has 35 heavy (non-hydrogen) atoms. The van der Waals surface area contributed by atoms with E-state index in [9.17, 15) is 9.59 Å². The van der Waals surface area contributed by atoms with Crippen LogP contribution >= 0.6 is 23.4 Å². The highest BCUT2D eigenvalue weighted by Gasteiger charge is 2.24. The second-order valence-corrected chi connectivity index (χ2v) is 9.94. The van der Waals surface area contributed by atoms with Crippen molar-refractivity contribution in [3.63, 3.8) is 0 Å². The lowest BCUT2D eigenvalue weighted by molar-refractivity contribution is 0.0929. The Balaban J connectivity index is 1.55. The molecule has 0 radical (unpaired) electrons. The van der Waals surface area contributed by atoms with Crippen molar-refractivity contribution >= 4 is 40.2 Å². The van der Waals surface area contributed by atoms with Crippen LogP contribution in [0.1, 0.15) is 55.2 Å². The Morgan fingerprint density at radius 3 is 2.60 bits per heavy atom. The highest BCUT2D eigenvalue weighted by Crippen LogP contribution is 2.27. The predicted molar refractivity (Wildman–Crippen MR) is 139 cm³/mol. The van der Waals surface area contributed by atoms with Gasteiger partial charge in [-0.1, -0.05) is 49.3 Å². The molecule has 2 heterocycles. The molecule has 4 rings (SSSR count). The van der Waals surface area contributed by atoms with Crippen molar-refractivity contribution in [1.29, 1.82) is 0 Å². The molecular formula is C25H27ClN6O2S. The van der Waals surface area contributed by atoms with Gasteiger partial charge in [-0.05, 0) is 55.7 Å². The van der Waals surface area contributed by atoms with Gasteiger partial charge in [0.15, 0.2) is 11.0 Å². The van der Waals surface area contributed by atoms with Crippen LogP contribution < -0.4 is 10.9 Å². The van der Waals surface area contributed by atoms with Crippen molar-refractivity contribution in [2.24, 2.45) is 5.92 Å². The Kier molecular flexibility index (Phi) is 7.87. The van der Waals surface area contributed by atoms with Crippen LogP contribution in [-0.4, -0.2) is 30.6 Å². The zero-order chi connectivity index (χ0) is 24.9. The van der Waals surface area contributed by atoms with Crippen molar-refractivity contribution < 1.29 is 4.79 Å². The smallest absolute Gasteiger partial charge is 0.258 e. The maximum atomic E-state index is 12.9. The highest BCUT2D eigenvalue weighted by atomic mass is 35.5. The third kappa shape index (κ3) is 5.91. The van der Waals surface area contributed by atoms with Gasteiger partial charge in [0.2, 0.25) is 0 Å². The van der Waals surface area contributed by atoms with Gasteiger partial charge in [0.05, 0.1) is 22.7 Å². The summed E-state index contributed by atoms with van der Waals surface area (Å²) >= 11 is 7.41. The summed E-state index contributed by atoms with van der Waals surface area (Å²) in [4.78, 5) is 32.7. The van der Waals surface area contributed by atoms with E-state index in [4.69, 9.17) is 11.6 Å². The predicted octanol–water partition coefficient (Wildman–Crippen LogP) is 5.00. The van der Waals surface area contributed by atoms with Gasteiger partial charge in [-0.3, -0.25) is 9.59 Å². The van der Waals surface area contributed by atoms with Crippen LogP contribution in [-0.2, 0) is 12.3 Å². The molecule has 1 amide bonds. The number of aromatic amines is 1. The fraction of sp³-hybridized carbons (Fsp3) is 0.320. The zero-order valence-corrected chi connectivity index (χ0v) is 21.4. The van der Waals surface area contributed by atoms with Gasteiger partial charge >= 0.3 is 0 Å². The van der Waals surface area contributed by atoms with Crippen molar-refractivity contribution in [2.45, 2.75) is 50.7 Å². The molecule has 0 aliphatic rings. The number of H-pyrrole nitrogens is 1. The SMILES string of the molecule is CCn1c(SCc2nc3ccccc3c(=O)[nH]2)nnc1[C@H](CC(C)C)NC(=O)c1ccc(Cl)cc1. The average molecular weight is 511 g/mol. The number of nitrogens with zero attached hydrogens (tertiary/aromatic N) is 4. The van der Waals surface area contributed by atoms with E-state index < -0.39 is 0 Å². The number of amides is 1. The van der Waals surface area contributed by atoms with Crippen LogP contribution in [0.2, 0.25) is 5.02 Å². The molecule has 0 fully saturated rings. The molecule has 1 atom stereocenters. The summed E-state index contributed by atoms with van der Waals surface area (Å²) < 4.78 is 2.00. The molecule has 0 saturated carbocycles. The normalized spacial score (nSPS) is 12.3. The number of hydrogen-bond donors (Lipinski definition) is 2. The summed E-state index contributed by atoms with van der Waals surface area (Å²) in [5.41, 5.74) is 1.03. The van der Waals surface area contributed by atoms with E-state index in [1.54, 1.807) is 30.3 Å². The Morgan fingerprint density at radius 1 is 1.14 bits per heavy atom. The summed E-state index contributed by atoms with van der Waals surface area (Å²) in [6, 6.07) is 13.7. The fourth-order valence-corrected chi connectivity index (χ4v) is 4.85. The van der Waals surface area contributed by atoms with E-state index in [0.29, 0.717) is 62.9 Å². The van der Waals surface area contributed by atoms with Crippen LogP contribution in [0, 0.1) is 5.92 Å². The van der Waals surface area contributed by atoms with Crippen molar-refractivity contribution in [1.82, 2.24) is 30.0 Å². The number of benzene rings is 2. The Hall–Kier alpha value is -3.17. The first-order valence-electron chi connectivity index (χ1n) is 11.5. The molecule has 0 spiro atoms. The number of hydrogen-bond acceptors (Lipinski definition) is 6. The first-order chi connectivity index (χ1) is 16.9. The van der Waals surface area contributed by atoms with Gasteiger partial charge in [-0.2, -0.15) is 0 Å². The maximum absolute atomic E-state index is 12.9. The van der Waals surface area contributed by atoms with E-state index in [2.05, 4.69) is 39.3 Å².